The first kappa shape index (κ1) is 22.5. The second-order valence-electron chi connectivity index (χ2n) is 8.55. The van der Waals surface area contributed by atoms with Crippen LogP contribution in [0.1, 0.15) is 61.9 Å². The van der Waals surface area contributed by atoms with Crippen LogP contribution in [0.25, 0.3) is 17.6 Å². The maximum Gasteiger partial charge on any atom is 0.253 e. The molecule has 3 aromatic heterocycles. The summed E-state index contributed by atoms with van der Waals surface area (Å²) < 4.78 is 1.82. The van der Waals surface area contributed by atoms with Crippen LogP contribution in [0.5, 0.6) is 0 Å². The van der Waals surface area contributed by atoms with Gasteiger partial charge in [0.2, 0.25) is 5.95 Å². The molecule has 1 aliphatic carbocycles. The van der Waals surface area contributed by atoms with Crippen molar-refractivity contribution in [2.24, 2.45) is 0 Å². The second-order valence-corrected chi connectivity index (χ2v) is 8.55. The number of rotatable bonds is 5. The van der Waals surface area contributed by atoms with Crippen LogP contribution in [0, 0.1) is 12.3 Å². The smallest absolute Gasteiger partial charge is 0.253 e. The average Bonchev–Trinajstić information content (AvgIpc) is 3.28. The standard InChI is InChI=1S/C27H29N5O/c1-4-20(3)24-22(18-32(23(24)5-2)26-29-15-10-16-30-26)25(33)31-19-27(12-7-6-8-13-27)21-11-9-14-28-17-21/h1,5,9-11,14-18H,6-8,12-13,19H2,2-3H3,(H,31,33)/b23-5+,24-20+. The zero-order chi connectivity index (χ0) is 23.3. The SMILES string of the molecule is C#C/C(C)=c1\c(C(=O)NCC2(c3cccnc3)CCCCC2)cn(-c2ncccn2)\c1=C\C. The minimum Gasteiger partial charge on any atom is -0.351 e. The molecule has 6 nitrogen and oxygen atoms in total. The van der Waals surface area contributed by atoms with Crippen LogP contribution < -0.4 is 15.9 Å². The summed E-state index contributed by atoms with van der Waals surface area (Å²) in [5.74, 6) is 3.06. The lowest BCUT2D eigenvalue weighted by molar-refractivity contribution is 0.0935. The molecular weight excluding hydrogens is 410 g/mol. The van der Waals surface area contributed by atoms with Crippen LogP contribution in [-0.2, 0) is 5.41 Å². The van der Waals surface area contributed by atoms with E-state index in [9.17, 15) is 4.79 Å². The summed E-state index contributed by atoms with van der Waals surface area (Å²) >= 11 is 0. The molecule has 1 aliphatic rings. The van der Waals surface area contributed by atoms with Crippen LogP contribution in [0.2, 0.25) is 0 Å². The second kappa shape index (κ2) is 9.83. The highest BCUT2D eigenvalue weighted by atomic mass is 16.1. The first-order valence-electron chi connectivity index (χ1n) is 11.4. The molecule has 1 N–H and O–H groups in total. The number of pyridine rings is 1. The first-order valence-corrected chi connectivity index (χ1v) is 11.4. The van der Waals surface area contributed by atoms with Gasteiger partial charge in [-0.2, -0.15) is 0 Å². The summed E-state index contributed by atoms with van der Waals surface area (Å²) in [5.41, 5.74) is 2.32. The summed E-state index contributed by atoms with van der Waals surface area (Å²) in [6.45, 7) is 4.33. The third kappa shape index (κ3) is 4.45. The fraction of sp³-hybridized carbons (Fsp3) is 0.333. The van der Waals surface area contributed by atoms with E-state index in [-0.39, 0.29) is 11.3 Å². The Morgan fingerprint density at radius 2 is 1.97 bits per heavy atom. The Morgan fingerprint density at radius 3 is 2.61 bits per heavy atom. The molecule has 0 unspecified atom stereocenters. The maximum atomic E-state index is 13.5. The van der Waals surface area contributed by atoms with E-state index >= 15 is 0 Å². The van der Waals surface area contributed by atoms with Crippen molar-refractivity contribution < 1.29 is 4.79 Å². The van der Waals surface area contributed by atoms with E-state index in [1.165, 1.54) is 12.0 Å². The van der Waals surface area contributed by atoms with Crippen molar-refractivity contribution in [3.63, 3.8) is 0 Å². The number of terminal acetylenes is 1. The number of nitrogens with one attached hydrogen (secondary N) is 1. The largest absolute Gasteiger partial charge is 0.351 e. The predicted molar refractivity (Wildman–Crippen MR) is 130 cm³/mol. The lowest BCUT2D eigenvalue weighted by atomic mass is 9.70. The fourth-order valence-electron chi connectivity index (χ4n) is 4.84. The highest BCUT2D eigenvalue weighted by molar-refractivity contribution is 5.95. The predicted octanol–water partition coefficient (Wildman–Crippen LogP) is 2.90. The highest BCUT2D eigenvalue weighted by Gasteiger charge is 2.34. The van der Waals surface area contributed by atoms with Crippen LogP contribution in [0.4, 0.5) is 0 Å². The molecule has 3 aromatic rings. The number of aromatic nitrogens is 4. The lowest BCUT2D eigenvalue weighted by Gasteiger charge is -2.37. The molecule has 1 amide bonds. The summed E-state index contributed by atoms with van der Waals surface area (Å²) in [4.78, 5) is 26.6. The van der Waals surface area contributed by atoms with Gasteiger partial charge in [-0.05, 0) is 44.4 Å². The zero-order valence-electron chi connectivity index (χ0n) is 19.2. The van der Waals surface area contributed by atoms with Crippen molar-refractivity contribution in [2.75, 3.05) is 6.54 Å². The average molecular weight is 440 g/mol. The number of carbonyl (C=O) groups excluding carboxylic acids is 1. The molecule has 0 atom stereocenters. The third-order valence-corrected chi connectivity index (χ3v) is 6.59. The number of hydrogen-bond donors (Lipinski definition) is 1. The molecule has 1 saturated carbocycles. The summed E-state index contributed by atoms with van der Waals surface area (Å²) in [7, 11) is 0. The van der Waals surface area contributed by atoms with E-state index in [4.69, 9.17) is 6.42 Å². The molecule has 0 bridgehead atoms. The molecule has 0 aromatic carbocycles. The van der Waals surface area contributed by atoms with Gasteiger partial charge in [-0.3, -0.25) is 14.3 Å². The first-order chi connectivity index (χ1) is 16.1. The van der Waals surface area contributed by atoms with Crippen molar-refractivity contribution in [1.29, 1.82) is 0 Å². The third-order valence-electron chi connectivity index (χ3n) is 6.59. The Kier molecular flexibility index (Phi) is 6.69. The zero-order valence-corrected chi connectivity index (χ0v) is 19.2. The van der Waals surface area contributed by atoms with Crippen LogP contribution in [-0.4, -0.2) is 32.0 Å². The van der Waals surface area contributed by atoms with Gasteiger partial charge in [0.15, 0.2) is 0 Å². The minimum atomic E-state index is -0.147. The molecule has 6 heteroatoms. The molecular formula is C27H29N5O. The molecule has 0 radical (unpaired) electrons. The Morgan fingerprint density at radius 1 is 1.21 bits per heavy atom. The monoisotopic (exact) mass is 439 g/mol. The van der Waals surface area contributed by atoms with Crippen molar-refractivity contribution in [3.05, 3.63) is 70.9 Å². The van der Waals surface area contributed by atoms with Gasteiger partial charge in [0, 0.05) is 53.7 Å². The normalized spacial score (nSPS) is 16.7. The van der Waals surface area contributed by atoms with Gasteiger partial charge in [-0.1, -0.05) is 37.3 Å². The molecule has 33 heavy (non-hydrogen) atoms. The minimum absolute atomic E-state index is 0.0992. The van der Waals surface area contributed by atoms with E-state index in [0.717, 1.165) is 36.3 Å². The Labute approximate surface area is 194 Å². The van der Waals surface area contributed by atoms with Crippen molar-refractivity contribution in [2.45, 2.75) is 51.4 Å². The maximum absolute atomic E-state index is 13.5. The molecule has 0 saturated heterocycles. The van der Waals surface area contributed by atoms with Crippen LogP contribution in [0.3, 0.4) is 0 Å². The number of hydrogen-bond acceptors (Lipinski definition) is 4. The van der Waals surface area contributed by atoms with E-state index < -0.39 is 0 Å². The topological polar surface area (TPSA) is 72.7 Å². The Hall–Kier alpha value is -3.72. The van der Waals surface area contributed by atoms with Gasteiger partial charge in [-0.25, -0.2) is 9.97 Å². The highest BCUT2D eigenvalue weighted by Crippen LogP contribution is 2.38. The molecule has 1 fully saturated rings. The lowest BCUT2D eigenvalue weighted by Crippen LogP contribution is -2.43. The van der Waals surface area contributed by atoms with Gasteiger partial charge in [0.05, 0.1) is 10.9 Å². The molecule has 168 valence electrons. The summed E-state index contributed by atoms with van der Waals surface area (Å²) in [5, 5.41) is 4.77. The van der Waals surface area contributed by atoms with E-state index in [0.29, 0.717) is 23.6 Å². The van der Waals surface area contributed by atoms with Crippen molar-refractivity contribution in [3.8, 4) is 18.3 Å². The molecule has 0 spiro atoms. The number of carbonyl (C=O) groups is 1. The van der Waals surface area contributed by atoms with Gasteiger partial charge in [0.25, 0.3) is 5.91 Å². The number of nitrogens with zero attached hydrogens (tertiary/aromatic N) is 4. The molecule has 4 rings (SSSR count). The molecule has 3 heterocycles. The number of amides is 1. The van der Waals surface area contributed by atoms with Crippen molar-refractivity contribution >= 4 is 17.6 Å². The Bertz CT molecular complexity index is 1280. The van der Waals surface area contributed by atoms with Gasteiger partial charge < -0.3 is 5.32 Å². The van der Waals surface area contributed by atoms with E-state index in [1.807, 2.05) is 36.8 Å². The molecule has 0 aliphatic heterocycles. The van der Waals surface area contributed by atoms with Gasteiger partial charge in [0.1, 0.15) is 0 Å². The van der Waals surface area contributed by atoms with E-state index in [1.54, 1.807) is 30.9 Å². The Balaban J connectivity index is 1.73. The van der Waals surface area contributed by atoms with Crippen LogP contribution >= 0.6 is 0 Å². The summed E-state index contributed by atoms with van der Waals surface area (Å²) in [6, 6.07) is 5.86. The van der Waals surface area contributed by atoms with Crippen molar-refractivity contribution in [1.82, 2.24) is 24.8 Å². The summed E-state index contributed by atoms with van der Waals surface area (Å²) in [6.07, 6.45) is 22.2. The van der Waals surface area contributed by atoms with Gasteiger partial charge in [-0.15, -0.1) is 6.42 Å². The quantitative estimate of drug-likeness (QED) is 0.621. The van der Waals surface area contributed by atoms with Gasteiger partial charge >= 0.3 is 0 Å². The fourth-order valence-corrected chi connectivity index (χ4v) is 4.84. The van der Waals surface area contributed by atoms with Crippen LogP contribution in [0.15, 0.2) is 49.2 Å². The van der Waals surface area contributed by atoms with E-state index in [2.05, 4.69) is 32.3 Å².